The molecule has 1 unspecified atom stereocenters. The minimum absolute atomic E-state index is 0.161. The molecule has 0 saturated carbocycles. The summed E-state index contributed by atoms with van der Waals surface area (Å²) in [5, 5.41) is 12.3. The van der Waals surface area contributed by atoms with Gasteiger partial charge in [0.25, 0.3) is 0 Å². The molecule has 4 nitrogen and oxygen atoms in total. The van der Waals surface area contributed by atoms with Crippen LogP contribution in [-0.2, 0) is 0 Å². The molecule has 0 aliphatic rings. The Morgan fingerprint density at radius 1 is 1.47 bits per heavy atom. The molecule has 0 rings (SSSR count). The van der Waals surface area contributed by atoms with Crippen LogP contribution in [0.1, 0.15) is 13.8 Å². The lowest BCUT2D eigenvalue weighted by atomic mass is 10.1. The van der Waals surface area contributed by atoms with Crippen LogP contribution in [0.3, 0.4) is 0 Å². The molecule has 0 radical (unpaired) electrons. The number of alkyl halides is 3. The van der Waals surface area contributed by atoms with Crippen LogP contribution in [0.5, 0.6) is 0 Å². The fourth-order valence-electron chi connectivity index (χ4n) is 0.721. The molecule has 0 aromatic heterocycles. The number of carbonyl (C=O) groups excluding carboxylic acids is 1. The van der Waals surface area contributed by atoms with E-state index in [0.29, 0.717) is 0 Å². The van der Waals surface area contributed by atoms with Crippen molar-refractivity contribution in [3.63, 3.8) is 0 Å². The molecule has 0 aromatic rings. The van der Waals surface area contributed by atoms with E-state index in [1.807, 2.05) is 0 Å². The van der Waals surface area contributed by atoms with Crippen molar-refractivity contribution >= 4 is 6.03 Å². The molecule has 86 valence electrons. The Bertz CT molecular complexity index is 257. The lowest BCUT2D eigenvalue weighted by Crippen LogP contribution is -2.46. The van der Waals surface area contributed by atoms with Gasteiger partial charge in [-0.15, -0.1) is 0 Å². The molecule has 0 fully saturated rings. The molecule has 0 heterocycles. The molecule has 2 amide bonds. The topological polar surface area (TPSA) is 64.9 Å². The lowest BCUT2D eigenvalue weighted by Gasteiger charge is -2.15. The molecule has 15 heavy (non-hydrogen) atoms. The Morgan fingerprint density at radius 3 is 2.33 bits per heavy atom. The number of nitrogens with zero attached hydrogens (tertiary/aromatic N) is 1. The SMILES string of the molecule is CC(C)C(C#N)NC(=O)NCC(F)(F)F. The second-order valence-corrected chi connectivity index (χ2v) is 3.29. The highest BCUT2D eigenvalue weighted by atomic mass is 19.4. The fourth-order valence-corrected chi connectivity index (χ4v) is 0.721. The van der Waals surface area contributed by atoms with Crippen molar-refractivity contribution in [1.29, 1.82) is 5.26 Å². The fraction of sp³-hybridized carbons (Fsp3) is 0.750. The number of carbonyl (C=O) groups is 1. The summed E-state index contributed by atoms with van der Waals surface area (Å²) in [4.78, 5) is 10.9. The smallest absolute Gasteiger partial charge is 0.329 e. The van der Waals surface area contributed by atoms with E-state index < -0.39 is 24.8 Å². The van der Waals surface area contributed by atoms with Crippen molar-refractivity contribution in [2.24, 2.45) is 5.92 Å². The molecule has 0 aliphatic carbocycles. The quantitative estimate of drug-likeness (QED) is 0.759. The van der Waals surface area contributed by atoms with Gasteiger partial charge in [0.2, 0.25) is 0 Å². The van der Waals surface area contributed by atoms with E-state index in [0.717, 1.165) is 0 Å². The predicted molar refractivity (Wildman–Crippen MR) is 46.8 cm³/mol. The standard InChI is InChI=1S/C8H12F3N3O/c1-5(2)6(3-12)14-7(15)13-4-8(9,10)11/h5-6H,4H2,1-2H3,(H2,13,14,15). The van der Waals surface area contributed by atoms with Crippen molar-refractivity contribution in [3.8, 4) is 6.07 Å². The summed E-state index contributed by atoms with van der Waals surface area (Å²) >= 11 is 0. The molecule has 0 bridgehead atoms. The van der Waals surface area contributed by atoms with Gasteiger partial charge >= 0.3 is 12.2 Å². The largest absolute Gasteiger partial charge is 0.405 e. The molecular formula is C8H12F3N3O. The normalized spacial score (nSPS) is 13.1. The monoisotopic (exact) mass is 223 g/mol. The second kappa shape index (κ2) is 5.44. The van der Waals surface area contributed by atoms with Gasteiger partial charge in [-0.1, -0.05) is 13.8 Å². The highest BCUT2D eigenvalue weighted by Crippen LogP contribution is 2.12. The lowest BCUT2D eigenvalue weighted by molar-refractivity contribution is -0.122. The van der Waals surface area contributed by atoms with Crippen molar-refractivity contribution in [1.82, 2.24) is 10.6 Å². The van der Waals surface area contributed by atoms with Crippen LogP contribution >= 0.6 is 0 Å². The highest BCUT2D eigenvalue weighted by molar-refractivity contribution is 5.74. The van der Waals surface area contributed by atoms with Gasteiger partial charge in [0.05, 0.1) is 6.07 Å². The molecule has 0 spiro atoms. The van der Waals surface area contributed by atoms with E-state index in [9.17, 15) is 18.0 Å². The third-order valence-electron chi connectivity index (χ3n) is 1.54. The summed E-state index contributed by atoms with van der Waals surface area (Å²) in [7, 11) is 0. The maximum absolute atomic E-state index is 11.7. The number of nitriles is 1. The van der Waals surface area contributed by atoms with Gasteiger partial charge < -0.3 is 10.6 Å². The van der Waals surface area contributed by atoms with Crippen LogP contribution in [0.2, 0.25) is 0 Å². The van der Waals surface area contributed by atoms with Gasteiger partial charge in [-0.05, 0) is 5.92 Å². The summed E-state index contributed by atoms with van der Waals surface area (Å²) < 4.78 is 35.1. The first-order valence-corrected chi connectivity index (χ1v) is 4.27. The van der Waals surface area contributed by atoms with Crippen LogP contribution in [0.15, 0.2) is 0 Å². The zero-order valence-electron chi connectivity index (χ0n) is 8.35. The third kappa shape index (κ3) is 6.60. The Kier molecular flexibility index (Phi) is 4.91. The second-order valence-electron chi connectivity index (χ2n) is 3.29. The Morgan fingerprint density at radius 2 is 2.00 bits per heavy atom. The van der Waals surface area contributed by atoms with Crippen molar-refractivity contribution in [2.45, 2.75) is 26.1 Å². The zero-order valence-corrected chi connectivity index (χ0v) is 8.35. The van der Waals surface area contributed by atoms with Crippen molar-refractivity contribution < 1.29 is 18.0 Å². The molecule has 1 atom stereocenters. The summed E-state index contributed by atoms with van der Waals surface area (Å²) in [6.45, 7) is 1.95. The Balaban J connectivity index is 3.99. The average molecular weight is 223 g/mol. The number of rotatable bonds is 3. The first-order valence-electron chi connectivity index (χ1n) is 4.27. The zero-order chi connectivity index (χ0) is 12.1. The van der Waals surface area contributed by atoms with Crippen LogP contribution in [0, 0.1) is 17.2 Å². The van der Waals surface area contributed by atoms with E-state index in [2.05, 4.69) is 5.32 Å². The van der Waals surface area contributed by atoms with Gasteiger partial charge in [-0.25, -0.2) is 4.79 Å². The molecule has 0 aliphatic heterocycles. The summed E-state index contributed by atoms with van der Waals surface area (Å²) in [5.41, 5.74) is 0. The Labute approximate surface area is 85.4 Å². The third-order valence-corrected chi connectivity index (χ3v) is 1.54. The molecule has 7 heteroatoms. The van der Waals surface area contributed by atoms with Crippen LogP contribution in [0.25, 0.3) is 0 Å². The van der Waals surface area contributed by atoms with Crippen LogP contribution in [0.4, 0.5) is 18.0 Å². The first kappa shape index (κ1) is 13.5. The van der Waals surface area contributed by atoms with Crippen LogP contribution in [-0.4, -0.2) is 24.8 Å². The van der Waals surface area contributed by atoms with E-state index in [4.69, 9.17) is 5.26 Å². The van der Waals surface area contributed by atoms with Crippen molar-refractivity contribution in [3.05, 3.63) is 0 Å². The summed E-state index contributed by atoms with van der Waals surface area (Å²) in [6.07, 6.45) is -4.45. The molecule has 2 N–H and O–H groups in total. The number of halogens is 3. The minimum Gasteiger partial charge on any atom is -0.329 e. The number of hydrogen-bond donors (Lipinski definition) is 2. The van der Waals surface area contributed by atoms with Gasteiger partial charge in [0, 0.05) is 0 Å². The minimum atomic E-state index is -4.45. The Hall–Kier alpha value is -1.45. The number of nitrogens with one attached hydrogen (secondary N) is 2. The number of urea groups is 1. The van der Waals surface area contributed by atoms with Gasteiger partial charge in [0.15, 0.2) is 0 Å². The first-order chi connectivity index (χ1) is 6.76. The number of amides is 2. The van der Waals surface area contributed by atoms with Gasteiger partial charge in [-0.2, -0.15) is 18.4 Å². The van der Waals surface area contributed by atoms with Gasteiger partial charge in [0.1, 0.15) is 12.6 Å². The van der Waals surface area contributed by atoms with E-state index in [1.165, 1.54) is 0 Å². The summed E-state index contributed by atoms with van der Waals surface area (Å²) in [6, 6.07) is -0.00993. The van der Waals surface area contributed by atoms with E-state index in [-0.39, 0.29) is 5.92 Å². The molecular weight excluding hydrogens is 211 g/mol. The van der Waals surface area contributed by atoms with E-state index >= 15 is 0 Å². The number of hydrogen-bond acceptors (Lipinski definition) is 2. The highest BCUT2D eigenvalue weighted by Gasteiger charge is 2.28. The predicted octanol–water partition coefficient (Wildman–Crippen LogP) is 1.40. The van der Waals surface area contributed by atoms with Crippen molar-refractivity contribution in [2.75, 3.05) is 6.54 Å². The molecule has 0 saturated heterocycles. The maximum atomic E-state index is 11.7. The van der Waals surface area contributed by atoms with Crippen LogP contribution < -0.4 is 10.6 Å². The summed E-state index contributed by atoms with van der Waals surface area (Å²) in [5.74, 6) is -0.161. The average Bonchev–Trinajstić information content (AvgIpc) is 2.09. The van der Waals surface area contributed by atoms with E-state index in [1.54, 1.807) is 25.2 Å². The van der Waals surface area contributed by atoms with Gasteiger partial charge in [-0.3, -0.25) is 0 Å². The maximum Gasteiger partial charge on any atom is 0.405 e. The molecule has 0 aromatic carbocycles.